The van der Waals surface area contributed by atoms with E-state index in [9.17, 15) is 14.7 Å². The lowest BCUT2D eigenvalue weighted by atomic mass is 10.0. The summed E-state index contributed by atoms with van der Waals surface area (Å²) in [5, 5.41) is 10.4. The quantitative estimate of drug-likeness (QED) is 0.919. The fourth-order valence-corrected chi connectivity index (χ4v) is 2.57. The molecule has 0 saturated heterocycles. The zero-order chi connectivity index (χ0) is 14.3. The Labute approximate surface area is 115 Å². The van der Waals surface area contributed by atoms with Gasteiger partial charge in [-0.25, -0.2) is 4.79 Å². The monoisotopic (exact) mass is 279 g/mol. The van der Waals surface area contributed by atoms with Crippen LogP contribution in [0.1, 0.15) is 28.5 Å². The average Bonchev–Trinajstić information content (AvgIpc) is 2.36. The van der Waals surface area contributed by atoms with E-state index in [1.165, 1.54) is 0 Å². The van der Waals surface area contributed by atoms with E-state index in [-0.39, 0.29) is 16.7 Å². The molecule has 0 aliphatic heterocycles. The first kappa shape index (κ1) is 13.6. The molecule has 0 spiro atoms. The Morgan fingerprint density at radius 2 is 1.95 bits per heavy atom. The van der Waals surface area contributed by atoms with Crippen LogP contribution in [0.2, 0.25) is 5.02 Å². The van der Waals surface area contributed by atoms with Crippen LogP contribution in [0, 0.1) is 13.8 Å². The number of nitrogens with zero attached hydrogens (tertiary/aromatic N) is 1. The van der Waals surface area contributed by atoms with Gasteiger partial charge in [0.2, 0.25) is 0 Å². The third-order valence-corrected chi connectivity index (χ3v) is 3.77. The van der Waals surface area contributed by atoms with Gasteiger partial charge in [-0.05, 0) is 38.5 Å². The number of pyridine rings is 1. The van der Waals surface area contributed by atoms with Crippen LogP contribution in [0.25, 0.3) is 10.9 Å². The fraction of sp³-hybridized carbons (Fsp3) is 0.286. The summed E-state index contributed by atoms with van der Waals surface area (Å²) in [7, 11) is 0. The zero-order valence-corrected chi connectivity index (χ0v) is 11.7. The minimum absolute atomic E-state index is 0.0327. The maximum atomic E-state index is 12.3. The number of fused-ring (bicyclic) bond motifs is 1. The van der Waals surface area contributed by atoms with Crippen LogP contribution < -0.4 is 5.43 Å². The van der Waals surface area contributed by atoms with E-state index in [1.54, 1.807) is 30.5 Å². The van der Waals surface area contributed by atoms with Crippen LogP contribution in [0.4, 0.5) is 0 Å². The molecule has 0 fully saturated rings. The van der Waals surface area contributed by atoms with Crippen LogP contribution in [0.5, 0.6) is 0 Å². The van der Waals surface area contributed by atoms with E-state index in [0.717, 1.165) is 5.56 Å². The summed E-state index contributed by atoms with van der Waals surface area (Å²) in [6.45, 7) is 5.63. The van der Waals surface area contributed by atoms with Gasteiger partial charge in [-0.3, -0.25) is 4.79 Å². The third-order valence-electron chi connectivity index (χ3n) is 3.36. The summed E-state index contributed by atoms with van der Waals surface area (Å²) in [5.74, 6) is -1.10. The first-order chi connectivity index (χ1) is 8.90. The number of hydrogen-bond donors (Lipinski definition) is 1. The lowest BCUT2D eigenvalue weighted by Gasteiger charge is -2.17. The predicted molar refractivity (Wildman–Crippen MR) is 75.3 cm³/mol. The molecule has 100 valence electrons. The van der Waals surface area contributed by atoms with Crippen molar-refractivity contribution in [3.05, 3.63) is 44.2 Å². The van der Waals surface area contributed by atoms with Crippen molar-refractivity contribution in [1.82, 2.24) is 4.57 Å². The van der Waals surface area contributed by atoms with Gasteiger partial charge in [0, 0.05) is 22.5 Å². The molecule has 0 aliphatic carbocycles. The van der Waals surface area contributed by atoms with Crippen molar-refractivity contribution in [2.24, 2.45) is 0 Å². The van der Waals surface area contributed by atoms with Crippen molar-refractivity contribution < 1.29 is 9.90 Å². The van der Waals surface area contributed by atoms with E-state index in [1.807, 2.05) is 6.92 Å². The van der Waals surface area contributed by atoms with Crippen LogP contribution in [0.15, 0.2) is 16.9 Å². The first-order valence-corrected chi connectivity index (χ1v) is 6.33. The average molecular weight is 280 g/mol. The second-order valence-corrected chi connectivity index (χ2v) is 4.83. The van der Waals surface area contributed by atoms with Gasteiger partial charge in [-0.2, -0.15) is 0 Å². The molecular formula is C14H14ClNO3. The Morgan fingerprint density at radius 1 is 1.32 bits per heavy atom. The summed E-state index contributed by atoms with van der Waals surface area (Å²) in [5.41, 5.74) is 1.36. The molecule has 1 aromatic heterocycles. The minimum atomic E-state index is -1.10. The first-order valence-electron chi connectivity index (χ1n) is 5.95. The number of aromatic nitrogens is 1. The molecule has 1 heterocycles. The van der Waals surface area contributed by atoms with Crippen molar-refractivity contribution >= 4 is 28.5 Å². The van der Waals surface area contributed by atoms with Crippen LogP contribution in [0.3, 0.4) is 0 Å². The Hall–Kier alpha value is -1.81. The number of hydrogen-bond acceptors (Lipinski definition) is 2. The number of rotatable bonds is 2. The van der Waals surface area contributed by atoms with Crippen LogP contribution in [-0.2, 0) is 6.54 Å². The number of aryl methyl sites for hydroxylation is 2. The molecule has 2 aromatic rings. The molecule has 4 nitrogen and oxygen atoms in total. The van der Waals surface area contributed by atoms with Crippen molar-refractivity contribution in [3.63, 3.8) is 0 Å². The minimum Gasteiger partial charge on any atom is -0.477 e. The summed E-state index contributed by atoms with van der Waals surface area (Å²) < 4.78 is 1.63. The van der Waals surface area contributed by atoms with Gasteiger partial charge < -0.3 is 9.67 Å². The van der Waals surface area contributed by atoms with E-state index in [0.29, 0.717) is 22.5 Å². The molecule has 0 saturated carbocycles. The number of carboxylic acid groups (broad SMARTS) is 1. The Bertz CT molecular complexity index is 747. The van der Waals surface area contributed by atoms with Gasteiger partial charge in [0.1, 0.15) is 5.69 Å². The Morgan fingerprint density at radius 3 is 2.47 bits per heavy atom. The highest BCUT2D eigenvalue weighted by atomic mass is 35.5. The molecule has 19 heavy (non-hydrogen) atoms. The van der Waals surface area contributed by atoms with Crippen LogP contribution >= 0.6 is 11.6 Å². The van der Waals surface area contributed by atoms with Gasteiger partial charge in [0.15, 0.2) is 5.43 Å². The molecule has 0 unspecified atom stereocenters. The van der Waals surface area contributed by atoms with Gasteiger partial charge in [-0.15, -0.1) is 0 Å². The second-order valence-electron chi connectivity index (χ2n) is 4.42. The van der Waals surface area contributed by atoms with E-state index in [4.69, 9.17) is 11.6 Å². The molecule has 1 aromatic carbocycles. The van der Waals surface area contributed by atoms with Gasteiger partial charge in [-0.1, -0.05) is 11.6 Å². The maximum Gasteiger partial charge on any atom is 0.352 e. The normalized spacial score (nSPS) is 10.9. The third kappa shape index (κ3) is 1.92. The largest absolute Gasteiger partial charge is 0.477 e. The molecular weight excluding hydrogens is 266 g/mol. The SMILES string of the molecule is CCn1c(C(=O)O)c(C)c(=O)c2ccc(Cl)c(C)c21. The maximum absolute atomic E-state index is 12.3. The highest BCUT2D eigenvalue weighted by Crippen LogP contribution is 2.25. The van der Waals surface area contributed by atoms with Crippen LogP contribution in [-0.4, -0.2) is 15.6 Å². The van der Waals surface area contributed by atoms with Crippen molar-refractivity contribution in [2.45, 2.75) is 27.3 Å². The Kier molecular flexibility index (Phi) is 3.37. The number of carboxylic acids is 1. The van der Waals surface area contributed by atoms with E-state index in [2.05, 4.69) is 0 Å². The molecule has 0 aliphatic rings. The smallest absolute Gasteiger partial charge is 0.352 e. The molecule has 5 heteroatoms. The fourth-order valence-electron chi connectivity index (χ4n) is 2.42. The van der Waals surface area contributed by atoms with Crippen molar-refractivity contribution in [3.8, 4) is 0 Å². The predicted octanol–water partition coefficient (Wildman–Crippen LogP) is 2.99. The highest BCUT2D eigenvalue weighted by Gasteiger charge is 2.20. The summed E-state index contributed by atoms with van der Waals surface area (Å²) in [6, 6.07) is 3.32. The lowest BCUT2D eigenvalue weighted by Crippen LogP contribution is -2.22. The molecule has 1 N–H and O–H groups in total. The molecule has 0 radical (unpaired) electrons. The topological polar surface area (TPSA) is 59.3 Å². The number of benzene rings is 1. The van der Waals surface area contributed by atoms with Crippen molar-refractivity contribution in [1.29, 1.82) is 0 Å². The lowest BCUT2D eigenvalue weighted by molar-refractivity contribution is 0.0684. The molecule has 0 bridgehead atoms. The highest BCUT2D eigenvalue weighted by molar-refractivity contribution is 6.32. The number of carbonyl (C=O) groups is 1. The van der Waals surface area contributed by atoms with Gasteiger partial charge >= 0.3 is 5.97 Å². The van der Waals surface area contributed by atoms with E-state index < -0.39 is 5.97 Å². The number of aromatic carboxylic acids is 1. The molecule has 2 rings (SSSR count). The Balaban J connectivity index is 3.16. The molecule has 0 atom stereocenters. The standard InChI is InChI=1S/C14H14ClNO3/c1-4-16-11-7(2)10(15)6-5-9(11)13(17)8(3)12(16)14(18)19/h5-6H,4H2,1-3H3,(H,18,19). The molecule has 0 amide bonds. The summed E-state index contributed by atoms with van der Waals surface area (Å²) in [4.78, 5) is 23.7. The van der Waals surface area contributed by atoms with E-state index >= 15 is 0 Å². The van der Waals surface area contributed by atoms with Gasteiger partial charge in [0.25, 0.3) is 0 Å². The summed E-state index contributed by atoms with van der Waals surface area (Å²) >= 11 is 6.08. The van der Waals surface area contributed by atoms with Gasteiger partial charge in [0.05, 0.1) is 5.52 Å². The summed E-state index contributed by atoms with van der Waals surface area (Å²) in [6.07, 6.45) is 0. The number of halogens is 1. The van der Waals surface area contributed by atoms with Crippen molar-refractivity contribution in [2.75, 3.05) is 0 Å². The second kappa shape index (κ2) is 4.70. The zero-order valence-electron chi connectivity index (χ0n) is 11.0.